The zero-order chi connectivity index (χ0) is 38.6. The Morgan fingerprint density at radius 3 is 2.44 bits per heavy atom. The first-order chi connectivity index (χ1) is 26.3. The lowest BCUT2D eigenvalue weighted by molar-refractivity contribution is -0.141. The number of carbonyl (C=O) groups is 3. The van der Waals surface area contributed by atoms with Crippen molar-refractivity contribution in [3.63, 3.8) is 0 Å². The van der Waals surface area contributed by atoms with Crippen molar-refractivity contribution in [1.29, 1.82) is 0 Å². The van der Waals surface area contributed by atoms with Gasteiger partial charge in [0, 0.05) is 63.5 Å². The fourth-order valence-electron chi connectivity index (χ4n) is 8.45. The zero-order valence-corrected chi connectivity index (χ0v) is 30.6. The minimum atomic E-state index is -4.65. The molecule has 288 valence electrons. The molecular formula is C39H42F3N9O4. The van der Waals surface area contributed by atoms with Crippen molar-refractivity contribution in [3.8, 4) is 0 Å². The quantitative estimate of drug-likeness (QED) is 0.216. The third-order valence-corrected chi connectivity index (χ3v) is 11.4. The second kappa shape index (κ2) is 14.3. The van der Waals surface area contributed by atoms with Crippen LogP contribution >= 0.6 is 0 Å². The molecule has 3 aromatic heterocycles. The van der Waals surface area contributed by atoms with E-state index in [0.29, 0.717) is 23.5 Å². The fourth-order valence-corrected chi connectivity index (χ4v) is 8.45. The predicted octanol–water partition coefficient (Wildman–Crippen LogP) is 5.20. The molecule has 0 radical (unpaired) electrons. The van der Waals surface area contributed by atoms with Gasteiger partial charge in [-0.1, -0.05) is 12.1 Å². The molecule has 0 bridgehead atoms. The Morgan fingerprint density at radius 1 is 0.964 bits per heavy atom. The van der Waals surface area contributed by atoms with Crippen molar-refractivity contribution < 1.29 is 27.6 Å². The summed E-state index contributed by atoms with van der Waals surface area (Å²) in [4.78, 5) is 59.0. The van der Waals surface area contributed by atoms with Crippen LogP contribution in [0.2, 0.25) is 0 Å². The Morgan fingerprint density at radius 2 is 1.71 bits per heavy atom. The number of imide groups is 1. The van der Waals surface area contributed by atoms with Crippen LogP contribution in [0.4, 0.5) is 24.5 Å². The Hall–Kier alpha value is -5.51. The first-order valence-electron chi connectivity index (χ1n) is 18.7. The van der Waals surface area contributed by atoms with Crippen LogP contribution in [0.3, 0.4) is 0 Å². The van der Waals surface area contributed by atoms with Gasteiger partial charge in [0.1, 0.15) is 17.4 Å². The zero-order valence-electron chi connectivity index (χ0n) is 30.6. The van der Waals surface area contributed by atoms with Crippen LogP contribution in [0, 0.1) is 12.8 Å². The summed E-state index contributed by atoms with van der Waals surface area (Å²) < 4.78 is 44.6. The molecular weight excluding hydrogens is 715 g/mol. The molecule has 1 saturated carbocycles. The lowest BCUT2D eigenvalue weighted by Gasteiger charge is -2.39. The van der Waals surface area contributed by atoms with E-state index in [2.05, 4.69) is 25.4 Å². The molecule has 3 amide bonds. The molecule has 0 spiro atoms. The third-order valence-electron chi connectivity index (χ3n) is 11.4. The van der Waals surface area contributed by atoms with Gasteiger partial charge in [-0.15, -0.1) is 0 Å². The topological polar surface area (TPSA) is 139 Å². The second-order valence-electron chi connectivity index (χ2n) is 15.0. The van der Waals surface area contributed by atoms with Crippen LogP contribution in [0.1, 0.15) is 72.4 Å². The summed E-state index contributed by atoms with van der Waals surface area (Å²) in [6.45, 7) is 6.24. The van der Waals surface area contributed by atoms with Gasteiger partial charge in [0.2, 0.25) is 11.8 Å². The van der Waals surface area contributed by atoms with Gasteiger partial charge in [0.25, 0.3) is 5.91 Å². The molecule has 1 atom stereocenters. The number of pyridine rings is 1. The molecule has 16 heteroatoms. The van der Waals surface area contributed by atoms with Gasteiger partial charge in [-0.3, -0.25) is 38.4 Å². The number of anilines is 2. The lowest BCUT2D eigenvalue weighted by atomic mass is 9.85. The number of aryl methyl sites for hydroxylation is 2. The number of nitrogens with one attached hydrogen (secondary N) is 2. The number of alkyl halides is 3. The Bertz CT molecular complexity index is 2370. The van der Waals surface area contributed by atoms with Crippen LogP contribution in [-0.4, -0.2) is 79.2 Å². The molecule has 1 unspecified atom stereocenters. The molecule has 5 aromatic rings. The normalized spacial score (nSPS) is 21.3. The van der Waals surface area contributed by atoms with Crippen molar-refractivity contribution in [1.82, 2.24) is 34.1 Å². The number of halogens is 3. The first-order valence-corrected chi connectivity index (χ1v) is 18.7. The van der Waals surface area contributed by atoms with E-state index in [1.165, 1.54) is 16.7 Å². The monoisotopic (exact) mass is 757 g/mol. The lowest BCUT2D eigenvalue weighted by Crippen LogP contribution is -2.48. The summed E-state index contributed by atoms with van der Waals surface area (Å²) in [5.74, 6) is -0.909. The number of fused-ring (bicyclic) bond motifs is 2. The molecule has 2 aromatic carbocycles. The van der Waals surface area contributed by atoms with E-state index in [9.17, 15) is 32.3 Å². The van der Waals surface area contributed by atoms with Gasteiger partial charge < -0.3 is 10.2 Å². The Kier molecular flexibility index (Phi) is 9.47. The predicted molar refractivity (Wildman–Crippen MR) is 200 cm³/mol. The maximum absolute atomic E-state index is 13.4. The van der Waals surface area contributed by atoms with Crippen molar-refractivity contribution in [2.75, 3.05) is 42.9 Å². The van der Waals surface area contributed by atoms with E-state index < -0.39 is 29.7 Å². The number of amides is 3. The highest BCUT2D eigenvalue weighted by atomic mass is 19.4. The number of hydrogen-bond acceptors (Lipinski definition) is 8. The smallest absolute Gasteiger partial charge is 0.367 e. The summed E-state index contributed by atoms with van der Waals surface area (Å²) in [5.41, 5.74) is 2.77. The number of para-hydroxylation sites is 1. The first kappa shape index (κ1) is 36.5. The number of piperazine rings is 1. The largest absolute Gasteiger partial charge is 0.433 e. The van der Waals surface area contributed by atoms with Crippen LogP contribution in [-0.2, 0) is 22.8 Å². The van der Waals surface area contributed by atoms with Crippen LogP contribution < -0.4 is 21.2 Å². The summed E-state index contributed by atoms with van der Waals surface area (Å²) in [7, 11) is 1.73. The van der Waals surface area contributed by atoms with Gasteiger partial charge >= 0.3 is 11.9 Å². The number of rotatable bonds is 7. The van der Waals surface area contributed by atoms with E-state index in [-0.39, 0.29) is 29.8 Å². The van der Waals surface area contributed by atoms with E-state index in [0.717, 1.165) is 92.1 Å². The number of hydrogen-bond donors (Lipinski definition) is 2. The number of aromatic nitrogens is 5. The van der Waals surface area contributed by atoms with Crippen LogP contribution in [0.15, 0.2) is 59.5 Å². The van der Waals surface area contributed by atoms with Gasteiger partial charge in [-0.05, 0) is 86.9 Å². The molecule has 8 rings (SSSR count). The summed E-state index contributed by atoms with van der Waals surface area (Å²) in [6.07, 6.45) is 1.94. The molecule has 2 N–H and O–H groups in total. The van der Waals surface area contributed by atoms with E-state index in [4.69, 9.17) is 5.10 Å². The van der Waals surface area contributed by atoms with Crippen molar-refractivity contribution in [3.05, 3.63) is 82.2 Å². The SMILES string of the molecule is Cc1cc2nn([C@H]3CC[C@H](CN4CCN(c5cccc6c5n(C)c(=O)n6C5CCC(=O)NC5=O)CC4)CC3)cc2cc1NC(=O)c1cccc(C(F)(F)F)n1. The number of piperidine rings is 1. The molecule has 3 fully saturated rings. The average Bonchev–Trinajstić information content (AvgIpc) is 3.69. The molecule has 2 saturated heterocycles. The molecule has 5 heterocycles. The van der Waals surface area contributed by atoms with Crippen molar-refractivity contribution in [2.24, 2.45) is 13.0 Å². The summed E-state index contributed by atoms with van der Waals surface area (Å²) in [5, 5.41) is 10.8. The number of imidazole rings is 1. The Labute approximate surface area is 314 Å². The highest BCUT2D eigenvalue weighted by Gasteiger charge is 2.34. The molecule has 55 heavy (non-hydrogen) atoms. The van der Waals surface area contributed by atoms with Gasteiger partial charge in [-0.2, -0.15) is 18.3 Å². The number of nitrogens with zero attached hydrogens (tertiary/aromatic N) is 7. The fraction of sp³-hybridized carbons (Fsp3) is 0.436. The summed E-state index contributed by atoms with van der Waals surface area (Å²) >= 11 is 0. The number of benzene rings is 2. The summed E-state index contributed by atoms with van der Waals surface area (Å²) in [6, 6.07) is 12.3. The number of carbonyl (C=O) groups excluding carboxylic acids is 3. The van der Waals surface area contributed by atoms with Gasteiger partial charge in [-0.25, -0.2) is 9.78 Å². The molecule has 3 aliphatic rings. The van der Waals surface area contributed by atoms with Crippen LogP contribution in [0.25, 0.3) is 21.9 Å². The molecule has 2 aliphatic heterocycles. The average molecular weight is 758 g/mol. The Balaban J connectivity index is 0.868. The van der Waals surface area contributed by atoms with E-state index in [1.807, 2.05) is 42.1 Å². The minimum absolute atomic E-state index is 0.198. The van der Waals surface area contributed by atoms with Crippen molar-refractivity contribution >= 4 is 51.0 Å². The standard InChI is InChI=1S/C39H42F3N9O4/c1-23-19-29-25(20-28(23)44-36(53)27-5-3-8-33(43-27)39(40,41)42)22-50(46-29)26-11-9-24(10-12-26)21-48-15-17-49(18-16-48)30-6-4-7-31-35(30)47(2)38(55)51(31)32-13-14-34(52)45-37(32)54/h3-8,19-20,22,24,26,32H,9-18,21H2,1-2H3,(H,44,53)(H,45,52,54)/t24-,26-,32?. The van der Waals surface area contributed by atoms with Gasteiger partial charge in [0.05, 0.1) is 28.3 Å². The highest BCUT2D eigenvalue weighted by Crippen LogP contribution is 2.35. The molecule has 13 nitrogen and oxygen atoms in total. The highest BCUT2D eigenvalue weighted by molar-refractivity contribution is 6.04. The second-order valence-corrected chi connectivity index (χ2v) is 15.0. The minimum Gasteiger partial charge on any atom is -0.367 e. The molecule has 1 aliphatic carbocycles. The maximum Gasteiger partial charge on any atom is 0.433 e. The van der Waals surface area contributed by atoms with Crippen molar-refractivity contribution in [2.45, 2.75) is 63.7 Å². The maximum atomic E-state index is 13.4. The van der Waals surface area contributed by atoms with Crippen LogP contribution in [0.5, 0.6) is 0 Å². The third kappa shape index (κ3) is 7.10. The van der Waals surface area contributed by atoms with E-state index in [1.54, 1.807) is 17.7 Å². The van der Waals surface area contributed by atoms with E-state index >= 15 is 0 Å². The van der Waals surface area contributed by atoms with Gasteiger partial charge in [0.15, 0.2) is 0 Å².